The Morgan fingerprint density at radius 3 is 2.77 bits per heavy atom. The molecule has 7 heteroatoms. The average Bonchev–Trinajstić information content (AvgIpc) is 2.53. The van der Waals surface area contributed by atoms with Gasteiger partial charge in [-0.25, -0.2) is 0 Å². The van der Waals surface area contributed by atoms with Gasteiger partial charge >= 0.3 is 0 Å². The summed E-state index contributed by atoms with van der Waals surface area (Å²) in [7, 11) is 0. The lowest BCUT2D eigenvalue weighted by molar-refractivity contribution is -0.385. The molecule has 0 unspecified atom stereocenters. The van der Waals surface area contributed by atoms with Crippen molar-refractivity contribution in [2.45, 2.75) is 17.3 Å². The number of nitrogens with zero attached hydrogens (tertiary/aromatic N) is 1. The molecule has 1 aliphatic rings. The lowest BCUT2D eigenvalue weighted by Gasteiger charge is -2.20. The Morgan fingerprint density at radius 1 is 1.27 bits per heavy atom. The third-order valence-electron chi connectivity index (χ3n) is 3.19. The molecule has 0 saturated carbocycles. The molecule has 3 rings (SSSR count). The molecule has 0 aromatic heterocycles. The van der Waals surface area contributed by atoms with Gasteiger partial charge in [-0.2, -0.15) is 0 Å². The summed E-state index contributed by atoms with van der Waals surface area (Å²) in [5.74, 6) is 1.27. The number of ether oxygens (including phenoxy) is 2. The number of halogens is 1. The molecular formula is C15H12ClNO4S. The molecule has 0 aliphatic carbocycles. The van der Waals surface area contributed by atoms with Crippen LogP contribution in [0.5, 0.6) is 5.75 Å². The zero-order valence-electron chi connectivity index (χ0n) is 11.5. The summed E-state index contributed by atoms with van der Waals surface area (Å²) in [6, 6.07) is 10.5. The van der Waals surface area contributed by atoms with Crippen LogP contribution in [0.15, 0.2) is 41.3 Å². The molecule has 114 valence electrons. The van der Waals surface area contributed by atoms with Crippen molar-refractivity contribution >= 4 is 29.1 Å². The van der Waals surface area contributed by atoms with Crippen molar-refractivity contribution in [3.8, 4) is 5.75 Å². The van der Waals surface area contributed by atoms with Crippen LogP contribution in [0.25, 0.3) is 0 Å². The molecule has 0 spiro atoms. The SMILES string of the molecule is O=[N+]([O-])c1cc2c(c(CSc3ccc(Cl)cc3)c1)OCOC2. The quantitative estimate of drug-likeness (QED) is 0.470. The van der Waals surface area contributed by atoms with Crippen molar-refractivity contribution in [1.29, 1.82) is 0 Å². The molecule has 1 heterocycles. The number of nitro benzene ring substituents is 1. The van der Waals surface area contributed by atoms with Crippen LogP contribution in [0, 0.1) is 10.1 Å². The number of nitro groups is 1. The second kappa shape index (κ2) is 6.56. The zero-order valence-corrected chi connectivity index (χ0v) is 13.0. The van der Waals surface area contributed by atoms with Crippen LogP contribution in [-0.4, -0.2) is 11.7 Å². The lowest BCUT2D eigenvalue weighted by atomic mass is 10.1. The van der Waals surface area contributed by atoms with Crippen LogP contribution >= 0.6 is 23.4 Å². The van der Waals surface area contributed by atoms with E-state index in [0.717, 1.165) is 10.5 Å². The fraction of sp³-hybridized carbons (Fsp3) is 0.200. The lowest BCUT2D eigenvalue weighted by Crippen LogP contribution is -2.13. The van der Waals surface area contributed by atoms with Crippen LogP contribution in [0.4, 0.5) is 5.69 Å². The normalized spacial score (nSPS) is 13.3. The van der Waals surface area contributed by atoms with Crippen molar-refractivity contribution in [1.82, 2.24) is 0 Å². The van der Waals surface area contributed by atoms with Crippen molar-refractivity contribution < 1.29 is 14.4 Å². The molecule has 0 radical (unpaired) electrons. The van der Waals surface area contributed by atoms with Gasteiger partial charge in [0.2, 0.25) is 0 Å². The van der Waals surface area contributed by atoms with E-state index in [1.54, 1.807) is 17.8 Å². The fourth-order valence-corrected chi connectivity index (χ4v) is 3.18. The zero-order chi connectivity index (χ0) is 15.5. The molecule has 0 bridgehead atoms. The van der Waals surface area contributed by atoms with Crippen molar-refractivity contribution in [2.24, 2.45) is 0 Å². The number of hydrogen-bond acceptors (Lipinski definition) is 5. The topological polar surface area (TPSA) is 61.6 Å². The molecule has 5 nitrogen and oxygen atoms in total. The number of non-ortho nitro benzene ring substituents is 1. The summed E-state index contributed by atoms with van der Waals surface area (Å²) in [4.78, 5) is 11.7. The molecule has 1 aliphatic heterocycles. The van der Waals surface area contributed by atoms with E-state index in [1.165, 1.54) is 6.07 Å². The van der Waals surface area contributed by atoms with Crippen LogP contribution in [0.1, 0.15) is 11.1 Å². The van der Waals surface area contributed by atoms with Crippen LogP contribution < -0.4 is 4.74 Å². The van der Waals surface area contributed by atoms with E-state index in [9.17, 15) is 10.1 Å². The van der Waals surface area contributed by atoms with E-state index in [1.807, 2.05) is 24.3 Å². The molecular weight excluding hydrogens is 326 g/mol. The number of hydrogen-bond donors (Lipinski definition) is 0. The first kappa shape index (κ1) is 15.1. The maximum atomic E-state index is 11.1. The van der Waals surface area contributed by atoms with Crippen molar-refractivity contribution in [3.05, 3.63) is 62.7 Å². The number of thioether (sulfide) groups is 1. The molecule has 0 fully saturated rings. The van der Waals surface area contributed by atoms with E-state index < -0.39 is 4.92 Å². The summed E-state index contributed by atoms with van der Waals surface area (Å²) in [6.45, 7) is 0.499. The smallest absolute Gasteiger partial charge is 0.270 e. The predicted octanol–water partition coefficient (Wildman–Crippen LogP) is 4.41. The number of benzene rings is 2. The van der Waals surface area contributed by atoms with E-state index in [-0.39, 0.29) is 12.5 Å². The molecule has 0 amide bonds. The Bertz CT molecular complexity index is 705. The van der Waals surface area contributed by atoms with E-state index in [0.29, 0.717) is 28.7 Å². The van der Waals surface area contributed by atoms with Crippen molar-refractivity contribution in [2.75, 3.05) is 6.79 Å². The summed E-state index contributed by atoms with van der Waals surface area (Å²) >= 11 is 7.43. The third kappa shape index (κ3) is 3.35. The first-order valence-corrected chi connectivity index (χ1v) is 7.89. The Labute approximate surface area is 136 Å². The van der Waals surface area contributed by atoms with Gasteiger partial charge in [-0.15, -0.1) is 11.8 Å². The fourth-order valence-electron chi connectivity index (χ4n) is 2.19. The minimum absolute atomic E-state index is 0.0551. The number of rotatable bonds is 4. The Balaban J connectivity index is 1.86. The molecule has 2 aromatic rings. The maximum absolute atomic E-state index is 11.1. The van der Waals surface area contributed by atoms with Gasteiger partial charge in [0.1, 0.15) is 5.75 Å². The van der Waals surface area contributed by atoms with Crippen LogP contribution in [0.3, 0.4) is 0 Å². The van der Waals surface area contributed by atoms with Gasteiger partial charge in [0.15, 0.2) is 6.79 Å². The summed E-state index contributed by atoms with van der Waals surface area (Å²) < 4.78 is 10.7. The van der Waals surface area contributed by atoms with Crippen LogP contribution in [-0.2, 0) is 17.1 Å². The molecule has 0 saturated heterocycles. The Hall–Kier alpha value is -1.76. The Morgan fingerprint density at radius 2 is 2.05 bits per heavy atom. The van der Waals surface area contributed by atoms with E-state index in [2.05, 4.69) is 0 Å². The van der Waals surface area contributed by atoms with Gasteiger partial charge in [0, 0.05) is 38.9 Å². The second-order valence-corrected chi connectivity index (χ2v) is 6.19. The highest BCUT2D eigenvalue weighted by atomic mass is 35.5. The first-order valence-electron chi connectivity index (χ1n) is 6.52. The van der Waals surface area contributed by atoms with E-state index >= 15 is 0 Å². The van der Waals surface area contributed by atoms with E-state index in [4.69, 9.17) is 21.1 Å². The predicted molar refractivity (Wildman–Crippen MR) is 84.4 cm³/mol. The Kier molecular flexibility index (Phi) is 4.52. The number of fused-ring (bicyclic) bond motifs is 1. The minimum Gasteiger partial charge on any atom is -0.467 e. The molecule has 0 atom stereocenters. The molecule has 0 N–H and O–H groups in total. The van der Waals surface area contributed by atoms with Crippen LogP contribution in [0.2, 0.25) is 5.02 Å². The van der Waals surface area contributed by atoms with Gasteiger partial charge in [-0.1, -0.05) is 11.6 Å². The van der Waals surface area contributed by atoms with Gasteiger partial charge in [-0.05, 0) is 24.3 Å². The summed E-state index contributed by atoms with van der Waals surface area (Å²) in [6.07, 6.45) is 0. The maximum Gasteiger partial charge on any atom is 0.270 e. The molecule has 22 heavy (non-hydrogen) atoms. The highest BCUT2D eigenvalue weighted by molar-refractivity contribution is 7.98. The third-order valence-corrected chi connectivity index (χ3v) is 4.50. The highest BCUT2D eigenvalue weighted by Gasteiger charge is 2.20. The first-order chi connectivity index (χ1) is 10.6. The average molecular weight is 338 g/mol. The monoisotopic (exact) mass is 337 g/mol. The summed E-state index contributed by atoms with van der Waals surface area (Å²) in [5.41, 5.74) is 1.57. The van der Waals surface area contributed by atoms with Gasteiger partial charge in [-0.3, -0.25) is 10.1 Å². The second-order valence-electron chi connectivity index (χ2n) is 4.70. The van der Waals surface area contributed by atoms with Gasteiger partial charge < -0.3 is 9.47 Å². The van der Waals surface area contributed by atoms with Crippen molar-refractivity contribution in [3.63, 3.8) is 0 Å². The standard InChI is InChI=1S/C15H12ClNO4S/c16-12-1-3-14(4-2-12)22-8-11-6-13(17(18)19)5-10-7-20-9-21-15(10)11/h1-6H,7-9H2. The largest absolute Gasteiger partial charge is 0.467 e. The minimum atomic E-state index is -0.397. The molecule has 2 aromatic carbocycles. The summed E-state index contributed by atoms with van der Waals surface area (Å²) in [5, 5.41) is 11.7. The van der Waals surface area contributed by atoms with Gasteiger partial charge in [0.25, 0.3) is 5.69 Å². The highest BCUT2D eigenvalue weighted by Crippen LogP contribution is 2.36. The van der Waals surface area contributed by atoms with Gasteiger partial charge in [0.05, 0.1) is 11.5 Å².